The van der Waals surface area contributed by atoms with Crippen molar-refractivity contribution in [3.05, 3.63) is 34.4 Å². The van der Waals surface area contributed by atoms with Gasteiger partial charge in [-0.15, -0.1) is 0 Å². The molecule has 10 nitrogen and oxygen atoms in total. The van der Waals surface area contributed by atoms with Crippen LogP contribution in [-0.2, 0) is 19.1 Å². The van der Waals surface area contributed by atoms with Crippen LogP contribution in [-0.4, -0.2) is 40.6 Å². The minimum atomic E-state index is -1.08. The van der Waals surface area contributed by atoms with Gasteiger partial charge in [-0.2, -0.15) is 5.10 Å². The lowest BCUT2D eigenvalue weighted by Gasteiger charge is -2.15. The number of carbonyl (C=O) groups is 3. The highest BCUT2D eigenvalue weighted by molar-refractivity contribution is 6.46. The first-order valence-corrected chi connectivity index (χ1v) is 7.47. The summed E-state index contributed by atoms with van der Waals surface area (Å²) in [5.74, 6) is -3.05. The van der Waals surface area contributed by atoms with Gasteiger partial charge in [0.15, 0.2) is 5.71 Å². The van der Waals surface area contributed by atoms with Crippen LogP contribution in [0.2, 0.25) is 0 Å². The maximum atomic E-state index is 12.7. The summed E-state index contributed by atoms with van der Waals surface area (Å²) in [6, 6.07) is 4.01. The van der Waals surface area contributed by atoms with Crippen molar-refractivity contribution in [2.24, 2.45) is 11.0 Å². The van der Waals surface area contributed by atoms with E-state index in [1.165, 1.54) is 24.3 Å². The number of nitrogens with zero attached hydrogens (tertiary/aromatic N) is 3. The Morgan fingerprint density at radius 2 is 1.92 bits per heavy atom. The third kappa shape index (κ3) is 2.71. The number of nitro benzene ring substituents is 1. The lowest BCUT2D eigenvalue weighted by atomic mass is 9.99. The zero-order valence-corrected chi connectivity index (χ0v) is 13.3. The van der Waals surface area contributed by atoms with Crippen molar-refractivity contribution in [1.82, 2.24) is 5.43 Å². The largest absolute Gasteiger partial charge is 0.458 e. The molecule has 25 heavy (non-hydrogen) atoms. The quantitative estimate of drug-likeness (QED) is 0.360. The molecule has 0 aliphatic carbocycles. The van der Waals surface area contributed by atoms with Gasteiger partial charge >= 0.3 is 5.97 Å². The number of hydrogen-bond donors (Lipinski definition) is 1. The van der Waals surface area contributed by atoms with Gasteiger partial charge in [-0.1, -0.05) is 0 Å². The van der Waals surface area contributed by atoms with E-state index in [1.807, 2.05) is 0 Å². The zero-order valence-electron chi connectivity index (χ0n) is 13.3. The topological polar surface area (TPSA) is 131 Å². The van der Waals surface area contributed by atoms with Crippen molar-refractivity contribution in [3.63, 3.8) is 0 Å². The number of carbonyl (C=O) groups excluding carboxylic acids is 3. The van der Waals surface area contributed by atoms with Crippen molar-refractivity contribution in [2.75, 3.05) is 4.90 Å². The molecule has 1 N–H and O–H groups in total. The van der Waals surface area contributed by atoms with Crippen LogP contribution in [0.5, 0.6) is 0 Å². The third-order valence-electron chi connectivity index (χ3n) is 3.80. The highest BCUT2D eigenvalue weighted by atomic mass is 16.6. The number of amides is 2. The molecule has 2 aliphatic rings. The van der Waals surface area contributed by atoms with Gasteiger partial charge in [-0.25, -0.2) is 9.69 Å². The SMILES string of the molecule is CC(C)OC(=O)C1=NNC2C(=O)N(c3ccc([N+](=O)[O-])cc3)C(=O)C12. The first-order chi connectivity index (χ1) is 11.8. The van der Waals surface area contributed by atoms with Crippen LogP contribution < -0.4 is 10.3 Å². The molecule has 2 unspecified atom stereocenters. The molecule has 2 amide bonds. The molecule has 0 radical (unpaired) electrons. The molecule has 10 heteroatoms. The van der Waals surface area contributed by atoms with Crippen molar-refractivity contribution in [1.29, 1.82) is 0 Å². The number of nitro groups is 1. The zero-order chi connectivity index (χ0) is 18.3. The van der Waals surface area contributed by atoms with Gasteiger partial charge in [0.25, 0.3) is 11.6 Å². The van der Waals surface area contributed by atoms with E-state index in [0.29, 0.717) is 0 Å². The number of anilines is 1. The first-order valence-electron chi connectivity index (χ1n) is 7.47. The molecule has 0 aromatic heterocycles. The summed E-state index contributed by atoms with van der Waals surface area (Å²) in [6.45, 7) is 3.31. The molecular formula is C15H14N4O6. The second-order valence-corrected chi connectivity index (χ2v) is 5.82. The Morgan fingerprint density at radius 3 is 2.48 bits per heavy atom. The molecule has 1 aromatic rings. The number of hydrazone groups is 1. The highest BCUT2D eigenvalue weighted by Gasteiger charge is 2.55. The number of benzene rings is 1. The molecule has 1 saturated heterocycles. The molecule has 0 bridgehead atoms. The number of rotatable bonds is 4. The van der Waals surface area contributed by atoms with Crippen LogP contribution in [0.15, 0.2) is 29.4 Å². The predicted molar refractivity (Wildman–Crippen MR) is 84.7 cm³/mol. The Balaban J connectivity index is 1.87. The molecule has 2 heterocycles. The molecule has 130 valence electrons. The summed E-state index contributed by atoms with van der Waals surface area (Å²) in [5.41, 5.74) is 2.37. The van der Waals surface area contributed by atoms with Crippen molar-refractivity contribution < 1.29 is 24.0 Å². The maximum absolute atomic E-state index is 12.7. The molecule has 2 aliphatic heterocycles. The van der Waals surface area contributed by atoms with E-state index in [2.05, 4.69) is 10.5 Å². The van der Waals surface area contributed by atoms with E-state index in [9.17, 15) is 24.5 Å². The fraction of sp³-hybridized carbons (Fsp3) is 0.333. The van der Waals surface area contributed by atoms with Crippen molar-refractivity contribution in [2.45, 2.75) is 26.0 Å². The molecule has 0 spiro atoms. The van der Waals surface area contributed by atoms with Crippen LogP contribution in [0.1, 0.15) is 13.8 Å². The fourth-order valence-electron chi connectivity index (χ4n) is 2.71. The van der Waals surface area contributed by atoms with E-state index in [1.54, 1.807) is 13.8 Å². The fourth-order valence-corrected chi connectivity index (χ4v) is 2.71. The van der Waals surface area contributed by atoms with E-state index in [4.69, 9.17) is 4.74 Å². The van der Waals surface area contributed by atoms with Gasteiger partial charge in [0.2, 0.25) is 5.91 Å². The lowest BCUT2D eigenvalue weighted by Crippen LogP contribution is -2.36. The number of esters is 1. The van der Waals surface area contributed by atoms with Crippen LogP contribution in [0, 0.1) is 16.0 Å². The van der Waals surface area contributed by atoms with Crippen LogP contribution in [0.3, 0.4) is 0 Å². The average molecular weight is 346 g/mol. The minimum absolute atomic E-state index is 0.151. The lowest BCUT2D eigenvalue weighted by molar-refractivity contribution is -0.384. The van der Waals surface area contributed by atoms with Gasteiger partial charge in [-0.3, -0.25) is 25.1 Å². The molecule has 1 fully saturated rings. The Kier molecular flexibility index (Phi) is 3.95. The standard InChI is InChI=1S/C15H14N4O6/c1-7(2)25-15(22)12-10-11(16-17-12)14(21)18(13(10)20)8-3-5-9(6-4-8)19(23)24/h3-7,10-11,16H,1-2H3. The second-order valence-electron chi connectivity index (χ2n) is 5.82. The van der Waals surface area contributed by atoms with Gasteiger partial charge in [0, 0.05) is 12.1 Å². The Labute approximate surface area is 141 Å². The van der Waals surface area contributed by atoms with E-state index >= 15 is 0 Å². The summed E-state index contributed by atoms with van der Waals surface area (Å²) in [6.07, 6.45) is -0.396. The Bertz CT molecular complexity index is 801. The summed E-state index contributed by atoms with van der Waals surface area (Å²) in [4.78, 5) is 48.2. The van der Waals surface area contributed by atoms with Gasteiger partial charge in [0.05, 0.1) is 16.7 Å². The minimum Gasteiger partial charge on any atom is -0.458 e. The van der Waals surface area contributed by atoms with Crippen LogP contribution >= 0.6 is 0 Å². The van der Waals surface area contributed by atoms with Crippen LogP contribution in [0.4, 0.5) is 11.4 Å². The first kappa shape index (κ1) is 16.6. The van der Waals surface area contributed by atoms with Gasteiger partial charge < -0.3 is 4.74 Å². The summed E-state index contributed by atoms with van der Waals surface area (Å²) >= 11 is 0. The number of ether oxygens (including phenoxy) is 1. The molecule has 0 saturated carbocycles. The Morgan fingerprint density at radius 1 is 1.28 bits per heavy atom. The number of imide groups is 1. The molecule has 2 atom stereocenters. The molecule has 3 rings (SSSR count). The van der Waals surface area contributed by atoms with E-state index in [-0.39, 0.29) is 17.1 Å². The van der Waals surface area contributed by atoms with Crippen LogP contribution in [0.25, 0.3) is 0 Å². The number of fused-ring (bicyclic) bond motifs is 1. The summed E-state index contributed by atoms with van der Waals surface area (Å²) in [7, 11) is 0. The highest BCUT2D eigenvalue weighted by Crippen LogP contribution is 2.31. The molecular weight excluding hydrogens is 332 g/mol. The maximum Gasteiger partial charge on any atom is 0.355 e. The summed E-state index contributed by atoms with van der Waals surface area (Å²) in [5, 5.41) is 14.5. The number of nitrogens with one attached hydrogen (secondary N) is 1. The summed E-state index contributed by atoms with van der Waals surface area (Å²) < 4.78 is 5.04. The van der Waals surface area contributed by atoms with Crippen molar-refractivity contribution >= 4 is 34.9 Å². The normalized spacial score (nSPS) is 21.9. The van der Waals surface area contributed by atoms with E-state index in [0.717, 1.165) is 4.90 Å². The third-order valence-corrected chi connectivity index (χ3v) is 3.80. The Hall–Kier alpha value is -3.30. The average Bonchev–Trinajstić information content (AvgIpc) is 3.08. The monoisotopic (exact) mass is 346 g/mol. The van der Waals surface area contributed by atoms with Crippen molar-refractivity contribution in [3.8, 4) is 0 Å². The smallest absolute Gasteiger partial charge is 0.355 e. The van der Waals surface area contributed by atoms with E-state index < -0.39 is 40.8 Å². The van der Waals surface area contributed by atoms with Gasteiger partial charge in [0.1, 0.15) is 12.0 Å². The number of non-ortho nitro benzene ring substituents is 1. The second kappa shape index (κ2) is 5.96. The number of hydrogen-bond acceptors (Lipinski definition) is 8. The predicted octanol–water partition coefficient (Wildman–Crippen LogP) is 0.364. The molecule has 1 aromatic carbocycles. The van der Waals surface area contributed by atoms with Gasteiger partial charge in [-0.05, 0) is 26.0 Å².